The summed E-state index contributed by atoms with van der Waals surface area (Å²) in [6, 6.07) is 16.3. The first-order valence-electron chi connectivity index (χ1n) is 9.77. The first-order valence-corrected chi connectivity index (χ1v) is 11.5. The van der Waals surface area contributed by atoms with Gasteiger partial charge >= 0.3 is 10.2 Å². The quantitative estimate of drug-likeness (QED) is 0.724. The summed E-state index contributed by atoms with van der Waals surface area (Å²) in [4.78, 5) is 12.6. The van der Waals surface area contributed by atoms with E-state index in [0.717, 1.165) is 5.56 Å². The van der Waals surface area contributed by atoms with Crippen LogP contribution in [0, 0.1) is 5.92 Å². The van der Waals surface area contributed by atoms with Gasteiger partial charge in [0.1, 0.15) is 0 Å². The van der Waals surface area contributed by atoms with Crippen LogP contribution in [0.15, 0.2) is 54.6 Å². The molecule has 6 nitrogen and oxygen atoms in total. The minimum atomic E-state index is -3.69. The molecule has 29 heavy (non-hydrogen) atoms. The van der Waals surface area contributed by atoms with Crippen molar-refractivity contribution in [2.24, 2.45) is 5.92 Å². The van der Waals surface area contributed by atoms with Crippen LogP contribution in [0.25, 0.3) is 0 Å². The van der Waals surface area contributed by atoms with Crippen LogP contribution >= 0.6 is 11.6 Å². The Balaban J connectivity index is 1.65. The van der Waals surface area contributed by atoms with Crippen molar-refractivity contribution in [1.82, 2.24) is 9.62 Å². The number of carbonyl (C=O) groups excluding carboxylic acids is 1. The molecule has 1 aliphatic rings. The van der Waals surface area contributed by atoms with Gasteiger partial charge in [0.05, 0.1) is 11.6 Å². The average molecular weight is 436 g/mol. The van der Waals surface area contributed by atoms with E-state index in [4.69, 9.17) is 11.6 Å². The molecule has 156 valence electrons. The molecule has 0 spiro atoms. The van der Waals surface area contributed by atoms with Crippen LogP contribution in [-0.2, 0) is 21.5 Å². The molecule has 8 heteroatoms. The highest BCUT2D eigenvalue weighted by Crippen LogP contribution is 2.25. The van der Waals surface area contributed by atoms with Crippen LogP contribution in [0.3, 0.4) is 0 Å². The topological polar surface area (TPSA) is 69.7 Å². The first kappa shape index (κ1) is 21.6. The van der Waals surface area contributed by atoms with Gasteiger partial charge in [0.15, 0.2) is 0 Å². The predicted molar refractivity (Wildman–Crippen MR) is 116 cm³/mol. The molecule has 1 amide bonds. The lowest BCUT2D eigenvalue weighted by Crippen LogP contribution is -2.50. The summed E-state index contributed by atoms with van der Waals surface area (Å²) in [5, 5.41) is 3.56. The molecular formula is C21H26ClN3O3S. The fourth-order valence-corrected chi connectivity index (χ4v) is 5.36. The first-order chi connectivity index (χ1) is 13.9. The molecule has 0 aromatic heterocycles. The largest absolute Gasteiger partial charge is 0.352 e. The number of nitrogens with one attached hydrogen (secondary N) is 1. The summed E-state index contributed by atoms with van der Waals surface area (Å²) < 4.78 is 29.2. The number of halogens is 1. The Morgan fingerprint density at radius 3 is 2.52 bits per heavy atom. The van der Waals surface area contributed by atoms with Crippen molar-refractivity contribution in [3.63, 3.8) is 0 Å². The van der Waals surface area contributed by atoms with Gasteiger partial charge in [-0.15, -0.1) is 0 Å². The highest BCUT2D eigenvalue weighted by atomic mass is 35.5. The molecule has 1 fully saturated rings. The van der Waals surface area contributed by atoms with Gasteiger partial charge < -0.3 is 5.32 Å². The monoisotopic (exact) mass is 435 g/mol. The number of para-hydroxylation sites is 1. The fourth-order valence-electron chi connectivity index (χ4n) is 3.51. The second-order valence-electron chi connectivity index (χ2n) is 7.05. The molecule has 0 saturated carbocycles. The Bertz CT molecular complexity index is 920. The van der Waals surface area contributed by atoms with E-state index in [-0.39, 0.29) is 18.4 Å². The van der Waals surface area contributed by atoms with Gasteiger partial charge in [0, 0.05) is 31.2 Å². The Morgan fingerprint density at radius 1 is 1.17 bits per heavy atom. The second-order valence-corrected chi connectivity index (χ2v) is 9.34. The molecule has 1 atom stereocenters. The van der Waals surface area contributed by atoms with Crippen molar-refractivity contribution in [2.45, 2.75) is 26.3 Å². The van der Waals surface area contributed by atoms with Gasteiger partial charge in [-0.3, -0.25) is 9.10 Å². The van der Waals surface area contributed by atoms with Crippen LogP contribution in [0.1, 0.15) is 25.3 Å². The Morgan fingerprint density at radius 2 is 1.86 bits per heavy atom. The fraction of sp³-hybridized carbons (Fsp3) is 0.381. The molecule has 0 aliphatic carbocycles. The summed E-state index contributed by atoms with van der Waals surface area (Å²) in [6.45, 7) is 3.15. The number of carbonyl (C=O) groups is 1. The number of hydrogen-bond acceptors (Lipinski definition) is 3. The summed E-state index contributed by atoms with van der Waals surface area (Å²) in [7, 11) is -3.69. The van der Waals surface area contributed by atoms with Crippen molar-refractivity contribution in [2.75, 3.05) is 23.9 Å². The highest BCUT2D eigenvalue weighted by Gasteiger charge is 2.35. The molecule has 1 saturated heterocycles. The molecule has 0 radical (unpaired) electrons. The van der Waals surface area contributed by atoms with Gasteiger partial charge in [0.25, 0.3) is 0 Å². The SMILES string of the molecule is CCN(c1ccccc1)S(=O)(=O)N1CCCC(C(=O)NCc2ccc(Cl)cc2)C1. The van der Waals surface area contributed by atoms with Gasteiger partial charge in [-0.1, -0.05) is 41.9 Å². The molecule has 3 rings (SSSR count). The van der Waals surface area contributed by atoms with Crippen molar-refractivity contribution in [3.8, 4) is 0 Å². The third-order valence-corrected chi connectivity index (χ3v) is 7.33. The van der Waals surface area contributed by atoms with Crippen LogP contribution in [0.5, 0.6) is 0 Å². The number of piperidine rings is 1. The van der Waals surface area contributed by atoms with E-state index in [2.05, 4.69) is 5.32 Å². The van der Waals surface area contributed by atoms with E-state index in [0.29, 0.717) is 43.2 Å². The van der Waals surface area contributed by atoms with Crippen molar-refractivity contribution in [1.29, 1.82) is 0 Å². The zero-order valence-corrected chi connectivity index (χ0v) is 18.0. The van der Waals surface area contributed by atoms with Gasteiger partial charge in [-0.2, -0.15) is 12.7 Å². The summed E-state index contributed by atoms with van der Waals surface area (Å²) in [6.07, 6.45) is 1.33. The molecule has 1 aliphatic heterocycles. The summed E-state index contributed by atoms with van der Waals surface area (Å²) in [5.41, 5.74) is 1.58. The summed E-state index contributed by atoms with van der Waals surface area (Å²) in [5.74, 6) is -0.483. The lowest BCUT2D eigenvalue weighted by Gasteiger charge is -2.35. The van der Waals surface area contributed by atoms with Crippen LogP contribution < -0.4 is 9.62 Å². The standard InChI is InChI=1S/C21H26ClN3O3S/c1-2-25(20-8-4-3-5-9-20)29(27,28)24-14-6-7-18(16-24)21(26)23-15-17-10-12-19(22)13-11-17/h3-5,8-13,18H,2,6-7,14-16H2,1H3,(H,23,26). The number of amides is 1. The van der Waals surface area contributed by atoms with Crippen molar-refractivity contribution < 1.29 is 13.2 Å². The van der Waals surface area contributed by atoms with Crippen LogP contribution in [-0.4, -0.2) is 38.3 Å². The molecular weight excluding hydrogens is 410 g/mol. The Kier molecular flexibility index (Phi) is 7.16. The van der Waals surface area contributed by atoms with Crippen molar-refractivity contribution >= 4 is 33.4 Å². The van der Waals surface area contributed by atoms with E-state index in [1.165, 1.54) is 8.61 Å². The Labute approximate surface area is 177 Å². The van der Waals surface area contributed by atoms with E-state index < -0.39 is 10.2 Å². The van der Waals surface area contributed by atoms with Gasteiger partial charge in [-0.25, -0.2) is 0 Å². The lowest BCUT2D eigenvalue weighted by molar-refractivity contribution is -0.126. The zero-order chi connectivity index (χ0) is 20.9. The number of anilines is 1. The number of nitrogens with zero attached hydrogens (tertiary/aromatic N) is 2. The van der Waals surface area contributed by atoms with Crippen LogP contribution in [0.4, 0.5) is 5.69 Å². The maximum absolute atomic E-state index is 13.2. The van der Waals surface area contributed by atoms with Crippen molar-refractivity contribution in [3.05, 3.63) is 65.2 Å². The average Bonchev–Trinajstić information content (AvgIpc) is 2.74. The number of benzene rings is 2. The Hall–Kier alpha value is -2.09. The maximum Gasteiger partial charge on any atom is 0.304 e. The third kappa shape index (κ3) is 5.29. The van der Waals surface area contributed by atoms with E-state index >= 15 is 0 Å². The lowest BCUT2D eigenvalue weighted by atomic mass is 9.99. The molecule has 2 aromatic carbocycles. The minimum absolute atomic E-state index is 0.123. The number of rotatable bonds is 7. The van der Waals surface area contributed by atoms with E-state index in [1.54, 1.807) is 24.3 Å². The number of hydrogen-bond donors (Lipinski definition) is 1. The maximum atomic E-state index is 13.2. The molecule has 1 heterocycles. The summed E-state index contributed by atoms with van der Waals surface area (Å²) >= 11 is 5.88. The highest BCUT2D eigenvalue weighted by molar-refractivity contribution is 7.90. The van der Waals surface area contributed by atoms with E-state index in [9.17, 15) is 13.2 Å². The minimum Gasteiger partial charge on any atom is -0.352 e. The molecule has 0 bridgehead atoms. The van der Waals surface area contributed by atoms with Gasteiger partial charge in [-0.05, 0) is 49.6 Å². The van der Waals surface area contributed by atoms with E-state index in [1.807, 2.05) is 37.3 Å². The molecule has 2 aromatic rings. The smallest absolute Gasteiger partial charge is 0.304 e. The second kappa shape index (κ2) is 9.61. The van der Waals surface area contributed by atoms with Gasteiger partial charge in [0.2, 0.25) is 5.91 Å². The zero-order valence-electron chi connectivity index (χ0n) is 16.4. The molecule has 1 N–H and O–H groups in total. The van der Waals surface area contributed by atoms with Crippen LogP contribution in [0.2, 0.25) is 5.02 Å². The predicted octanol–water partition coefficient (Wildman–Crippen LogP) is 3.44. The third-order valence-electron chi connectivity index (χ3n) is 5.07. The molecule has 1 unspecified atom stereocenters. The normalized spacial score (nSPS) is 17.7.